The number of amides is 3. The lowest BCUT2D eigenvalue weighted by molar-refractivity contribution is -0.131. The molecule has 0 aliphatic carbocycles. The Labute approximate surface area is 152 Å². The van der Waals surface area contributed by atoms with Crippen LogP contribution in [0.4, 0.5) is 4.79 Å². The van der Waals surface area contributed by atoms with Crippen LogP contribution < -0.4 is 5.32 Å². The number of hydrogen-bond acceptors (Lipinski definition) is 4. The first kappa shape index (κ1) is 17.6. The monoisotopic (exact) mass is 357 g/mol. The minimum absolute atomic E-state index is 0.217. The van der Waals surface area contributed by atoms with Gasteiger partial charge in [-0.3, -0.25) is 9.69 Å². The standard InChI is InChI=1S/C19H23N3O2S/c1-4-5-6-16-20-15(12-25-16)11-22-17(23)19(3,21-18(22)24)14-9-7-13(2)8-10-14/h7-10,12H,4-6,11H2,1-3H3,(H,21,24)/t19-/m1/s1. The summed E-state index contributed by atoms with van der Waals surface area (Å²) in [4.78, 5) is 31.1. The second-order valence-corrected chi connectivity index (χ2v) is 7.59. The molecular weight excluding hydrogens is 334 g/mol. The van der Waals surface area contributed by atoms with Gasteiger partial charge in [0.15, 0.2) is 0 Å². The van der Waals surface area contributed by atoms with E-state index in [1.807, 2.05) is 36.6 Å². The maximum Gasteiger partial charge on any atom is 0.325 e. The van der Waals surface area contributed by atoms with E-state index >= 15 is 0 Å². The average molecular weight is 357 g/mol. The van der Waals surface area contributed by atoms with Crippen molar-refractivity contribution >= 4 is 23.3 Å². The third kappa shape index (κ3) is 3.44. The molecule has 1 aromatic carbocycles. The first-order valence-corrected chi connectivity index (χ1v) is 9.46. The lowest BCUT2D eigenvalue weighted by Crippen LogP contribution is -2.40. The van der Waals surface area contributed by atoms with E-state index in [1.54, 1.807) is 18.3 Å². The molecule has 1 aliphatic heterocycles. The van der Waals surface area contributed by atoms with Gasteiger partial charge in [-0.05, 0) is 32.3 Å². The van der Waals surface area contributed by atoms with Gasteiger partial charge in [0.1, 0.15) is 5.54 Å². The van der Waals surface area contributed by atoms with Crippen LogP contribution in [-0.4, -0.2) is 21.8 Å². The fourth-order valence-corrected chi connectivity index (χ4v) is 3.78. The van der Waals surface area contributed by atoms with E-state index in [0.717, 1.165) is 41.1 Å². The van der Waals surface area contributed by atoms with Gasteiger partial charge in [0.25, 0.3) is 5.91 Å². The fraction of sp³-hybridized carbons (Fsp3) is 0.421. The highest BCUT2D eigenvalue weighted by Gasteiger charge is 2.49. The lowest BCUT2D eigenvalue weighted by atomic mass is 9.91. The van der Waals surface area contributed by atoms with Crippen LogP contribution in [0.2, 0.25) is 0 Å². The molecule has 3 rings (SSSR count). The molecule has 2 aromatic rings. The molecule has 1 aromatic heterocycles. The molecule has 1 aliphatic rings. The lowest BCUT2D eigenvalue weighted by Gasteiger charge is -2.22. The predicted octanol–water partition coefficient (Wildman–Crippen LogP) is 3.76. The van der Waals surface area contributed by atoms with Crippen LogP contribution in [-0.2, 0) is 23.3 Å². The Bertz CT molecular complexity index is 784. The molecule has 1 atom stereocenters. The molecule has 0 bridgehead atoms. The number of imide groups is 1. The van der Waals surface area contributed by atoms with Crippen LogP contribution in [0.15, 0.2) is 29.6 Å². The Morgan fingerprint density at radius 1 is 1.24 bits per heavy atom. The quantitative estimate of drug-likeness (QED) is 0.801. The zero-order valence-corrected chi connectivity index (χ0v) is 15.7. The van der Waals surface area contributed by atoms with Crippen molar-refractivity contribution in [2.75, 3.05) is 0 Å². The number of carbonyl (C=O) groups excluding carboxylic acids is 2. The van der Waals surface area contributed by atoms with E-state index in [-0.39, 0.29) is 18.5 Å². The summed E-state index contributed by atoms with van der Waals surface area (Å²) in [6, 6.07) is 7.31. The highest BCUT2D eigenvalue weighted by atomic mass is 32.1. The van der Waals surface area contributed by atoms with Crippen LogP contribution in [0.5, 0.6) is 0 Å². The van der Waals surface area contributed by atoms with Gasteiger partial charge in [-0.2, -0.15) is 0 Å². The van der Waals surface area contributed by atoms with Crippen molar-refractivity contribution in [3.05, 3.63) is 51.5 Å². The van der Waals surface area contributed by atoms with E-state index < -0.39 is 5.54 Å². The third-order valence-corrected chi connectivity index (χ3v) is 5.52. The molecule has 25 heavy (non-hydrogen) atoms. The number of unbranched alkanes of at least 4 members (excludes halogenated alkanes) is 1. The van der Waals surface area contributed by atoms with Gasteiger partial charge in [-0.25, -0.2) is 9.78 Å². The number of aryl methyl sites for hydroxylation is 2. The molecule has 5 nitrogen and oxygen atoms in total. The number of rotatable bonds is 6. The number of thiazole rings is 1. The Morgan fingerprint density at radius 3 is 2.64 bits per heavy atom. The maximum atomic E-state index is 12.9. The third-order valence-electron chi connectivity index (χ3n) is 4.57. The summed E-state index contributed by atoms with van der Waals surface area (Å²) in [5.74, 6) is -0.232. The summed E-state index contributed by atoms with van der Waals surface area (Å²) >= 11 is 1.59. The number of nitrogens with one attached hydrogen (secondary N) is 1. The number of nitrogens with zero attached hydrogens (tertiary/aromatic N) is 2. The fourth-order valence-electron chi connectivity index (χ4n) is 2.95. The Hall–Kier alpha value is -2.21. The first-order chi connectivity index (χ1) is 11.9. The van der Waals surface area contributed by atoms with E-state index in [0.29, 0.717) is 0 Å². The summed E-state index contributed by atoms with van der Waals surface area (Å²) in [6.07, 6.45) is 3.17. The van der Waals surface area contributed by atoms with Gasteiger partial charge in [-0.1, -0.05) is 43.2 Å². The average Bonchev–Trinajstić information content (AvgIpc) is 3.12. The summed E-state index contributed by atoms with van der Waals surface area (Å²) in [6.45, 7) is 6.11. The zero-order chi connectivity index (χ0) is 18.0. The molecule has 132 valence electrons. The van der Waals surface area contributed by atoms with Gasteiger partial charge in [0.2, 0.25) is 0 Å². The SMILES string of the molecule is CCCCc1nc(CN2C(=O)N[C@](C)(c3ccc(C)cc3)C2=O)cs1. The molecule has 0 unspecified atom stereocenters. The molecule has 1 N–H and O–H groups in total. The van der Waals surface area contributed by atoms with Gasteiger partial charge in [0.05, 0.1) is 17.2 Å². The van der Waals surface area contributed by atoms with E-state index in [9.17, 15) is 9.59 Å². The van der Waals surface area contributed by atoms with Crippen LogP contribution >= 0.6 is 11.3 Å². The molecule has 3 amide bonds. The highest BCUT2D eigenvalue weighted by molar-refractivity contribution is 7.09. The summed E-state index contributed by atoms with van der Waals surface area (Å²) in [7, 11) is 0. The van der Waals surface area contributed by atoms with Crippen LogP contribution in [0.3, 0.4) is 0 Å². The summed E-state index contributed by atoms with van der Waals surface area (Å²) < 4.78 is 0. The van der Waals surface area contributed by atoms with E-state index in [4.69, 9.17) is 0 Å². The number of carbonyl (C=O) groups is 2. The Balaban J connectivity index is 1.77. The van der Waals surface area contributed by atoms with Crippen molar-refractivity contribution in [3.8, 4) is 0 Å². The topological polar surface area (TPSA) is 62.3 Å². The second-order valence-electron chi connectivity index (χ2n) is 6.65. The van der Waals surface area contributed by atoms with E-state index in [1.165, 1.54) is 4.90 Å². The van der Waals surface area contributed by atoms with Gasteiger partial charge >= 0.3 is 6.03 Å². The first-order valence-electron chi connectivity index (χ1n) is 8.58. The zero-order valence-electron chi connectivity index (χ0n) is 14.8. The molecule has 0 saturated carbocycles. The van der Waals surface area contributed by atoms with Gasteiger partial charge < -0.3 is 5.32 Å². The van der Waals surface area contributed by atoms with Crippen LogP contribution in [0, 0.1) is 6.92 Å². The van der Waals surface area contributed by atoms with Gasteiger partial charge in [-0.15, -0.1) is 11.3 Å². The molecule has 0 radical (unpaired) electrons. The largest absolute Gasteiger partial charge is 0.325 e. The molecule has 6 heteroatoms. The Kier molecular flexibility index (Phi) is 4.90. The minimum Gasteiger partial charge on any atom is -0.319 e. The highest BCUT2D eigenvalue weighted by Crippen LogP contribution is 2.30. The number of hydrogen-bond donors (Lipinski definition) is 1. The number of urea groups is 1. The van der Waals surface area contributed by atoms with Crippen LogP contribution in [0.25, 0.3) is 0 Å². The minimum atomic E-state index is -1.02. The maximum absolute atomic E-state index is 12.9. The predicted molar refractivity (Wildman–Crippen MR) is 98.3 cm³/mol. The van der Waals surface area contributed by atoms with Crippen molar-refractivity contribution < 1.29 is 9.59 Å². The Morgan fingerprint density at radius 2 is 1.96 bits per heavy atom. The molecular formula is C19H23N3O2S. The molecule has 1 saturated heterocycles. The molecule has 2 heterocycles. The van der Waals surface area contributed by atoms with E-state index in [2.05, 4.69) is 17.2 Å². The molecule has 0 spiro atoms. The summed E-state index contributed by atoms with van der Waals surface area (Å²) in [5.41, 5.74) is 1.66. The van der Waals surface area contributed by atoms with Gasteiger partial charge in [0, 0.05) is 5.38 Å². The van der Waals surface area contributed by atoms with Crippen molar-refractivity contribution in [2.24, 2.45) is 0 Å². The normalized spacial score (nSPS) is 20.2. The number of benzene rings is 1. The van der Waals surface area contributed by atoms with Crippen LogP contribution in [0.1, 0.15) is 48.5 Å². The van der Waals surface area contributed by atoms with Crippen molar-refractivity contribution in [1.29, 1.82) is 0 Å². The molecule has 1 fully saturated rings. The number of aromatic nitrogens is 1. The second kappa shape index (κ2) is 6.96. The smallest absolute Gasteiger partial charge is 0.319 e. The van der Waals surface area contributed by atoms with Crippen molar-refractivity contribution in [3.63, 3.8) is 0 Å². The van der Waals surface area contributed by atoms with Crippen molar-refractivity contribution in [1.82, 2.24) is 15.2 Å². The summed E-state index contributed by atoms with van der Waals surface area (Å²) in [5, 5.41) is 5.84. The van der Waals surface area contributed by atoms with Crippen molar-refractivity contribution in [2.45, 2.75) is 52.1 Å².